The molecule has 1 spiro atoms. The third kappa shape index (κ3) is 9.62. The van der Waals surface area contributed by atoms with Crippen LogP contribution in [-0.4, -0.2) is 94.7 Å². The van der Waals surface area contributed by atoms with Gasteiger partial charge in [-0.15, -0.1) is 0 Å². The standard InChI is InChI=1S/C49H60N8O8S/c1-31(2)39-7-5-6-8-40(39)43-30-64-32(3)29-56(43)36-24-49(25-36)16-19-55(20-17-49)35-9-10-41(44(22-35)65-37-21-34-13-18-50-45(34)52-27-37)47(58)54-66(62,63)38-23-42(57(60)61)46(53-28-38)51-26-33-11-14-48(4,59)15-12-33/h5-10,13,18,21-23,27-28,31-33,36,43,59H,11-12,14-17,19-20,24-26,29-30H2,1-4H3,(H,50,52)(H,51,53)(H,54,58)/t32?,33-,43-,48-/m1/s1. The highest BCUT2D eigenvalue weighted by atomic mass is 32.2. The van der Waals surface area contributed by atoms with Crippen molar-refractivity contribution in [1.82, 2.24) is 24.6 Å². The van der Waals surface area contributed by atoms with Gasteiger partial charge in [0, 0.05) is 61.6 Å². The summed E-state index contributed by atoms with van der Waals surface area (Å²) >= 11 is 0. The number of hydrogen-bond donors (Lipinski definition) is 4. The van der Waals surface area contributed by atoms with Crippen LogP contribution < -0.4 is 19.7 Å². The molecule has 350 valence electrons. The summed E-state index contributed by atoms with van der Waals surface area (Å²) in [5.41, 5.74) is 3.18. The molecule has 2 aliphatic carbocycles. The molecule has 16 nitrogen and oxygen atoms in total. The Hall–Kier alpha value is -5.62. The number of H-pyrrole nitrogens is 1. The fraction of sp³-hybridized carbons (Fsp3) is 0.490. The van der Waals surface area contributed by atoms with E-state index in [-0.39, 0.29) is 40.6 Å². The van der Waals surface area contributed by atoms with E-state index in [9.17, 15) is 28.4 Å². The maximum absolute atomic E-state index is 14.0. The topological polar surface area (TPSA) is 205 Å². The van der Waals surface area contributed by atoms with Crippen LogP contribution in [0.4, 0.5) is 17.2 Å². The van der Waals surface area contributed by atoms with Crippen molar-refractivity contribution in [1.29, 1.82) is 0 Å². The van der Waals surface area contributed by atoms with Crippen LogP contribution in [0.2, 0.25) is 0 Å². The number of nitrogens with one attached hydrogen (secondary N) is 3. The SMILES string of the molecule is CC1CN(C2CC3(CCN(c4ccc(C(=O)NS(=O)(=O)c5cnc(NC[C@H]6CC[C@](C)(O)CC6)c([N+](=O)[O-])c5)c(Oc5cnc6[nH]ccc6c5)c4)CC3)C2)[C@@H](c2ccccc2C(C)C)CO1. The van der Waals surface area contributed by atoms with E-state index in [1.165, 1.54) is 17.3 Å². The molecule has 17 heteroatoms. The summed E-state index contributed by atoms with van der Waals surface area (Å²) in [5, 5.41) is 26.2. The van der Waals surface area contributed by atoms with E-state index in [1.54, 1.807) is 37.4 Å². The zero-order valence-electron chi connectivity index (χ0n) is 38.0. The van der Waals surface area contributed by atoms with Crippen molar-refractivity contribution in [3.63, 3.8) is 0 Å². The van der Waals surface area contributed by atoms with Crippen LogP contribution in [0, 0.1) is 21.4 Å². The number of fused-ring (bicyclic) bond motifs is 1. The molecule has 66 heavy (non-hydrogen) atoms. The second-order valence-corrected chi connectivity index (χ2v) is 21.3. The van der Waals surface area contributed by atoms with E-state index in [2.05, 4.69) is 79.8 Å². The molecular formula is C49H60N8O8S. The molecule has 4 aliphatic rings. The number of rotatable bonds is 13. The molecule has 3 aromatic heterocycles. The van der Waals surface area contributed by atoms with Gasteiger partial charge >= 0.3 is 5.69 Å². The first kappa shape index (κ1) is 45.5. The van der Waals surface area contributed by atoms with Gasteiger partial charge in [-0.05, 0) is 118 Å². The van der Waals surface area contributed by atoms with Crippen LogP contribution in [0.3, 0.4) is 0 Å². The van der Waals surface area contributed by atoms with Gasteiger partial charge in [-0.1, -0.05) is 38.1 Å². The molecule has 4 fully saturated rings. The Morgan fingerprint density at radius 2 is 1.80 bits per heavy atom. The molecule has 0 radical (unpaired) electrons. The number of benzene rings is 2. The molecule has 2 aromatic carbocycles. The van der Waals surface area contributed by atoms with Crippen molar-refractivity contribution in [2.24, 2.45) is 11.3 Å². The molecule has 2 aliphatic heterocycles. The number of pyridine rings is 2. The fourth-order valence-electron chi connectivity index (χ4n) is 10.6. The minimum atomic E-state index is -4.64. The molecule has 1 unspecified atom stereocenters. The minimum absolute atomic E-state index is 0.0488. The van der Waals surface area contributed by atoms with E-state index in [1.807, 2.05) is 6.07 Å². The highest BCUT2D eigenvalue weighted by molar-refractivity contribution is 7.90. The van der Waals surface area contributed by atoms with Crippen molar-refractivity contribution in [2.75, 3.05) is 43.0 Å². The Bertz CT molecular complexity index is 2700. The number of anilines is 2. The van der Waals surface area contributed by atoms with Crippen molar-refractivity contribution in [2.45, 2.75) is 114 Å². The number of carbonyl (C=O) groups excluding carboxylic acids is 1. The average Bonchev–Trinajstić information content (AvgIpc) is 3.76. The maximum atomic E-state index is 14.0. The molecular weight excluding hydrogens is 861 g/mol. The molecule has 1 amide bonds. The van der Waals surface area contributed by atoms with Crippen molar-refractivity contribution in [3.05, 3.63) is 106 Å². The second kappa shape index (κ2) is 18.2. The highest BCUT2D eigenvalue weighted by Gasteiger charge is 2.50. The third-order valence-electron chi connectivity index (χ3n) is 14.5. The summed E-state index contributed by atoms with van der Waals surface area (Å²) in [6, 6.07) is 19.1. The number of nitrogens with zero attached hydrogens (tertiary/aromatic N) is 5. The Kier molecular flexibility index (Phi) is 12.6. The predicted molar refractivity (Wildman–Crippen MR) is 252 cm³/mol. The van der Waals surface area contributed by atoms with E-state index >= 15 is 0 Å². The summed E-state index contributed by atoms with van der Waals surface area (Å²) in [7, 11) is -4.64. The van der Waals surface area contributed by atoms with Gasteiger partial charge in [0.05, 0.1) is 47.2 Å². The number of carbonyl (C=O) groups is 1. The van der Waals surface area contributed by atoms with Crippen molar-refractivity contribution >= 4 is 44.2 Å². The fourth-order valence-corrected chi connectivity index (χ4v) is 11.5. The van der Waals surface area contributed by atoms with E-state index in [0.29, 0.717) is 49.3 Å². The molecule has 0 bridgehead atoms. The number of aliphatic hydroxyl groups is 1. The molecule has 2 atom stereocenters. The Balaban J connectivity index is 0.901. The van der Waals surface area contributed by atoms with Crippen LogP contribution in [0.15, 0.2) is 84.1 Å². The van der Waals surface area contributed by atoms with Crippen LogP contribution in [0.1, 0.15) is 113 Å². The van der Waals surface area contributed by atoms with Gasteiger partial charge in [-0.3, -0.25) is 19.8 Å². The maximum Gasteiger partial charge on any atom is 0.312 e. The monoisotopic (exact) mass is 920 g/mol. The number of amides is 1. The van der Waals surface area contributed by atoms with E-state index in [0.717, 1.165) is 81.5 Å². The highest BCUT2D eigenvalue weighted by Crippen LogP contribution is 2.53. The third-order valence-corrected chi connectivity index (χ3v) is 15.8. The molecule has 2 saturated heterocycles. The summed E-state index contributed by atoms with van der Waals surface area (Å²) in [4.78, 5) is 41.5. The van der Waals surface area contributed by atoms with Gasteiger partial charge in [0.15, 0.2) is 0 Å². The van der Waals surface area contributed by atoms with Gasteiger partial charge in [-0.2, -0.15) is 0 Å². The molecule has 2 saturated carbocycles. The van der Waals surface area contributed by atoms with E-state index in [4.69, 9.17) is 9.47 Å². The number of sulfonamides is 1. The molecule has 5 heterocycles. The van der Waals surface area contributed by atoms with Gasteiger partial charge in [-0.25, -0.2) is 23.1 Å². The average molecular weight is 921 g/mol. The Morgan fingerprint density at radius 1 is 1.05 bits per heavy atom. The van der Waals surface area contributed by atoms with Crippen molar-refractivity contribution < 1.29 is 32.7 Å². The zero-order valence-corrected chi connectivity index (χ0v) is 38.9. The quantitative estimate of drug-likeness (QED) is 0.0647. The summed E-state index contributed by atoms with van der Waals surface area (Å²) in [6.45, 7) is 12.1. The van der Waals surface area contributed by atoms with Crippen LogP contribution in [0.25, 0.3) is 11.0 Å². The van der Waals surface area contributed by atoms with Crippen LogP contribution in [-0.2, 0) is 14.8 Å². The lowest BCUT2D eigenvalue weighted by molar-refractivity contribution is -0.384. The lowest BCUT2D eigenvalue weighted by Crippen LogP contribution is -2.59. The Labute approximate surface area is 385 Å². The van der Waals surface area contributed by atoms with Crippen molar-refractivity contribution in [3.8, 4) is 11.5 Å². The van der Waals surface area contributed by atoms with Gasteiger partial charge in [0.2, 0.25) is 5.82 Å². The molecule has 5 aromatic rings. The molecule has 9 rings (SSSR count). The Morgan fingerprint density at radius 3 is 2.55 bits per heavy atom. The van der Waals surface area contributed by atoms with Gasteiger partial charge < -0.3 is 29.8 Å². The lowest BCUT2D eigenvalue weighted by Gasteiger charge is -2.58. The lowest BCUT2D eigenvalue weighted by atomic mass is 9.59. The first-order valence-corrected chi connectivity index (χ1v) is 24.7. The zero-order chi connectivity index (χ0) is 46.4. The number of aromatic amines is 1. The minimum Gasteiger partial charge on any atom is -0.455 e. The second-order valence-electron chi connectivity index (χ2n) is 19.6. The number of nitro groups is 1. The first-order chi connectivity index (χ1) is 31.6. The number of aromatic nitrogens is 3. The van der Waals surface area contributed by atoms with Gasteiger partial charge in [0.25, 0.3) is 15.9 Å². The summed E-state index contributed by atoms with van der Waals surface area (Å²) < 4.78 is 42.1. The summed E-state index contributed by atoms with van der Waals surface area (Å²) in [5.74, 6) is 0.0125. The molecule has 4 N–H and O–H groups in total. The van der Waals surface area contributed by atoms with Crippen LogP contribution >= 0.6 is 0 Å². The smallest absolute Gasteiger partial charge is 0.312 e. The number of morpholine rings is 1. The normalized spacial score (nSPS) is 23.7. The van der Waals surface area contributed by atoms with Gasteiger partial charge in [0.1, 0.15) is 22.0 Å². The first-order valence-electron chi connectivity index (χ1n) is 23.2. The summed E-state index contributed by atoms with van der Waals surface area (Å²) in [6.07, 6.45) is 11.5. The van der Waals surface area contributed by atoms with Crippen LogP contribution in [0.5, 0.6) is 11.5 Å². The van der Waals surface area contributed by atoms with E-state index < -0.39 is 37.0 Å². The number of piperidine rings is 1. The predicted octanol–water partition coefficient (Wildman–Crippen LogP) is 8.46. The largest absolute Gasteiger partial charge is 0.455 e. The number of hydrogen-bond acceptors (Lipinski definition) is 13. The number of ether oxygens (including phenoxy) is 2.